The van der Waals surface area contributed by atoms with Gasteiger partial charge in [0.2, 0.25) is 6.79 Å². The molecule has 0 aromatic heterocycles. The van der Waals surface area contributed by atoms with Crippen molar-refractivity contribution in [1.29, 1.82) is 0 Å². The fourth-order valence-electron chi connectivity index (χ4n) is 2.60. The third-order valence-corrected chi connectivity index (χ3v) is 4.16. The Hall–Kier alpha value is -2.50. The van der Waals surface area contributed by atoms with Gasteiger partial charge < -0.3 is 18.9 Å². The van der Waals surface area contributed by atoms with Gasteiger partial charge in [-0.3, -0.25) is 0 Å². The van der Waals surface area contributed by atoms with Crippen LogP contribution in [0.4, 0.5) is 8.78 Å². The van der Waals surface area contributed by atoms with Crippen LogP contribution < -0.4 is 18.9 Å². The summed E-state index contributed by atoms with van der Waals surface area (Å²) in [5.41, 5.74) is 2.24. The molecule has 0 fully saturated rings. The number of hydrogen-bond acceptors (Lipinski definition) is 4. The normalized spacial score (nSPS) is 15.8. The van der Waals surface area contributed by atoms with E-state index < -0.39 is 6.29 Å². The maximum Gasteiger partial charge on any atom is 0.586 e. The summed E-state index contributed by atoms with van der Waals surface area (Å²) >= 11 is 0. The van der Waals surface area contributed by atoms with Gasteiger partial charge in [-0.1, -0.05) is 39.8 Å². The molecule has 0 saturated heterocycles. The lowest BCUT2D eigenvalue weighted by atomic mass is 10.0. The van der Waals surface area contributed by atoms with E-state index in [-0.39, 0.29) is 17.4 Å². The molecule has 0 N–H and O–H groups in total. The molecular formula is C20H22F2O4. The Morgan fingerprint density at radius 2 is 1.23 bits per heavy atom. The summed E-state index contributed by atoms with van der Waals surface area (Å²) < 4.78 is 44.3. The Balaban J connectivity index is 0.000000152. The largest absolute Gasteiger partial charge is 0.586 e. The molecule has 4 nitrogen and oxygen atoms in total. The highest BCUT2D eigenvalue weighted by atomic mass is 19.3. The zero-order valence-electron chi connectivity index (χ0n) is 15.2. The summed E-state index contributed by atoms with van der Waals surface area (Å²) in [5.74, 6) is 2.76. The summed E-state index contributed by atoms with van der Waals surface area (Å²) in [4.78, 5) is 0. The van der Waals surface area contributed by atoms with Crippen LogP contribution >= 0.6 is 0 Å². The molecule has 2 heterocycles. The smallest absolute Gasteiger partial charge is 0.454 e. The van der Waals surface area contributed by atoms with Crippen molar-refractivity contribution in [2.75, 3.05) is 6.79 Å². The van der Waals surface area contributed by atoms with Gasteiger partial charge >= 0.3 is 6.29 Å². The molecule has 0 atom stereocenters. The minimum atomic E-state index is -3.52. The van der Waals surface area contributed by atoms with Gasteiger partial charge in [0.25, 0.3) is 0 Å². The summed E-state index contributed by atoms with van der Waals surface area (Å²) in [6.07, 6.45) is -3.52. The van der Waals surface area contributed by atoms with Crippen LogP contribution in [0.5, 0.6) is 23.0 Å². The quantitative estimate of drug-likeness (QED) is 0.688. The topological polar surface area (TPSA) is 36.9 Å². The van der Waals surface area contributed by atoms with Crippen molar-refractivity contribution in [3.63, 3.8) is 0 Å². The predicted octanol–water partition coefficient (Wildman–Crippen LogP) is 5.67. The maximum absolute atomic E-state index is 12.6. The molecule has 2 aliphatic rings. The van der Waals surface area contributed by atoms with E-state index in [0.717, 1.165) is 17.1 Å². The lowest BCUT2D eigenvalue weighted by Crippen LogP contribution is -2.25. The first-order chi connectivity index (χ1) is 12.2. The number of benzene rings is 2. The van der Waals surface area contributed by atoms with Gasteiger partial charge in [0, 0.05) is 0 Å². The zero-order chi connectivity index (χ0) is 18.9. The summed E-state index contributed by atoms with van der Waals surface area (Å²) in [5, 5.41) is 0. The van der Waals surface area contributed by atoms with E-state index in [2.05, 4.69) is 29.4 Å². The Bertz CT molecular complexity index is 787. The molecule has 0 bridgehead atoms. The first kappa shape index (κ1) is 18.3. The van der Waals surface area contributed by atoms with Crippen LogP contribution in [-0.4, -0.2) is 13.1 Å². The molecule has 0 amide bonds. The van der Waals surface area contributed by atoms with Crippen molar-refractivity contribution in [3.05, 3.63) is 47.5 Å². The highest BCUT2D eigenvalue weighted by Crippen LogP contribution is 2.42. The Morgan fingerprint density at radius 1 is 0.731 bits per heavy atom. The molecule has 2 aromatic rings. The molecule has 0 spiro atoms. The Labute approximate surface area is 151 Å². The number of hydrogen-bond donors (Lipinski definition) is 0. The fourth-order valence-corrected chi connectivity index (χ4v) is 2.60. The van der Waals surface area contributed by atoms with E-state index in [9.17, 15) is 8.78 Å². The van der Waals surface area contributed by atoms with Gasteiger partial charge in [0.1, 0.15) is 0 Å². The number of ether oxygens (including phenoxy) is 4. The Kier molecular flexibility index (Phi) is 4.94. The van der Waals surface area contributed by atoms with Gasteiger partial charge in [-0.05, 0) is 47.2 Å². The van der Waals surface area contributed by atoms with Gasteiger partial charge in [0.05, 0.1) is 0 Å². The highest BCUT2D eigenvalue weighted by molar-refractivity contribution is 5.46. The molecule has 6 heteroatoms. The van der Waals surface area contributed by atoms with Crippen LogP contribution in [0.3, 0.4) is 0 Å². The van der Waals surface area contributed by atoms with E-state index >= 15 is 0 Å². The van der Waals surface area contributed by atoms with Gasteiger partial charge in [0.15, 0.2) is 23.0 Å². The van der Waals surface area contributed by atoms with Crippen molar-refractivity contribution in [2.24, 2.45) is 0 Å². The van der Waals surface area contributed by atoms with Gasteiger partial charge in [-0.25, -0.2) is 0 Å². The highest BCUT2D eigenvalue weighted by Gasteiger charge is 2.43. The molecule has 0 aliphatic carbocycles. The molecular weight excluding hydrogens is 342 g/mol. The monoisotopic (exact) mass is 364 g/mol. The second-order valence-electron chi connectivity index (χ2n) is 6.80. The summed E-state index contributed by atoms with van der Waals surface area (Å²) in [7, 11) is 0. The number of fused-ring (bicyclic) bond motifs is 2. The Morgan fingerprint density at radius 3 is 1.85 bits per heavy atom. The lowest BCUT2D eigenvalue weighted by Gasteiger charge is -2.05. The van der Waals surface area contributed by atoms with E-state index in [1.807, 2.05) is 26.0 Å². The second kappa shape index (κ2) is 7.02. The van der Waals surface area contributed by atoms with E-state index in [4.69, 9.17) is 9.47 Å². The van der Waals surface area contributed by atoms with Crippen LogP contribution in [0.25, 0.3) is 0 Å². The average Bonchev–Trinajstić information content (AvgIpc) is 3.15. The van der Waals surface area contributed by atoms with Crippen LogP contribution in [0.1, 0.15) is 50.7 Å². The van der Waals surface area contributed by atoms with E-state index in [0.29, 0.717) is 12.7 Å². The maximum atomic E-state index is 12.6. The number of rotatable bonds is 2. The number of alkyl halides is 2. The van der Waals surface area contributed by atoms with Crippen molar-refractivity contribution >= 4 is 0 Å². The molecule has 0 radical (unpaired) electrons. The SMILES string of the molecule is CC(C)c1ccc2c(c1)OC(F)(F)O2.CC(C)c1ccc2c(c1)OCO2. The van der Waals surface area contributed by atoms with E-state index in [1.165, 1.54) is 11.6 Å². The summed E-state index contributed by atoms with van der Waals surface area (Å²) in [6, 6.07) is 10.9. The first-order valence-corrected chi connectivity index (χ1v) is 8.54. The molecule has 2 aromatic carbocycles. The van der Waals surface area contributed by atoms with Crippen LogP contribution in [0, 0.1) is 0 Å². The van der Waals surface area contributed by atoms with Crippen LogP contribution in [0.2, 0.25) is 0 Å². The molecule has 0 saturated carbocycles. The number of halogens is 2. The van der Waals surface area contributed by atoms with Crippen LogP contribution in [0.15, 0.2) is 36.4 Å². The van der Waals surface area contributed by atoms with Crippen molar-refractivity contribution in [2.45, 2.75) is 45.8 Å². The average molecular weight is 364 g/mol. The molecule has 4 rings (SSSR count). The third-order valence-electron chi connectivity index (χ3n) is 4.16. The van der Waals surface area contributed by atoms with Crippen molar-refractivity contribution in [1.82, 2.24) is 0 Å². The van der Waals surface area contributed by atoms with Gasteiger partial charge in [-0.15, -0.1) is 8.78 Å². The minimum absolute atomic E-state index is 0.0967. The summed E-state index contributed by atoms with van der Waals surface area (Å²) in [6.45, 7) is 8.65. The van der Waals surface area contributed by atoms with Gasteiger partial charge in [-0.2, -0.15) is 0 Å². The minimum Gasteiger partial charge on any atom is -0.454 e. The van der Waals surface area contributed by atoms with Crippen molar-refractivity contribution in [3.8, 4) is 23.0 Å². The van der Waals surface area contributed by atoms with E-state index in [1.54, 1.807) is 12.1 Å². The molecule has 2 aliphatic heterocycles. The van der Waals surface area contributed by atoms with Crippen molar-refractivity contribution < 1.29 is 27.7 Å². The fraction of sp³-hybridized carbons (Fsp3) is 0.400. The molecule has 140 valence electrons. The lowest BCUT2D eigenvalue weighted by molar-refractivity contribution is -0.286. The van der Waals surface area contributed by atoms with Crippen LogP contribution in [-0.2, 0) is 0 Å². The third kappa shape index (κ3) is 4.00. The molecule has 0 unspecified atom stereocenters. The second-order valence-corrected chi connectivity index (χ2v) is 6.80. The molecule has 26 heavy (non-hydrogen) atoms. The first-order valence-electron chi connectivity index (χ1n) is 8.54. The zero-order valence-corrected chi connectivity index (χ0v) is 15.2. The predicted molar refractivity (Wildman–Crippen MR) is 93.4 cm³/mol. The standard InChI is InChI=1S/C10H10F2O2.C10H12O2/c1-6(2)7-3-4-8-9(5-7)14-10(11,12)13-8;1-7(2)8-3-4-9-10(5-8)12-6-11-9/h3-6H,1-2H3;3-5,7H,6H2,1-2H3.